The van der Waals surface area contributed by atoms with Crippen LogP contribution in [0.2, 0.25) is 0 Å². The summed E-state index contributed by atoms with van der Waals surface area (Å²) < 4.78 is 1.94. The molecule has 1 aliphatic rings. The first-order valence-electron chi connectivity index (χ1n) is 10.1. The molecule has 2 rings (SSSR count). The van der Waals surface area contributed by atoms with Crippen molar-refractivity contribution in [3.8, 4) is 0 Å². The maximum absolute atomic E-state index is 4.82. The number of aliphatic imine (C=N–C) groups is 1. The first-order valence-corrected chi connectivity index (χ1v) is 10.1. The van der Waals surface area contributed by atoms with Gasteiger partial charge in [-0.05, 0) is 53.6 Å². The molecular formula is C20H38N6. The average molecular weight is 363 g/mol. The first kappa shape index (κ1) is 20.7. The van der Waals surface area contributed by atoms with E-state index in [4.69, 9.17) is 4.99 Å². The van der Waals surface area contributed by atoms with Gasteiger partial charge in [0.15, 0.2) is 5.96 Å². The molecule has 1 aromatic rings. The van der Waals surface area contributed by atoms with E-state index in [1.165, 1.54) is 43.4 Å². The Labute approximate surface area is 159 Å². The number of hydrogen-bond acceptors (Lipinski definition) is 3. The van der Waals surface area contributed by atoms with Crippen LogP contribution in [0.3, 0.4) is 0 Å². The Hall–Kier alpha value is -1.56. The summed E-state index contributed by atoms with van der Waals surface area (Å²) in [5, 5.41) is 11.5. The van der Waals surface area contributed by atoms with Crippen molar-refractivity contribution >= 4 is 5.96 Å². The minimum absolute atomic E-state index is 0.557. The van der Waals surface area contributed by atoms with Gasteiger partial charge in [-0.15, -0.1) is 0 Å². The number of aryl methyl sites for hydroxylation is 2. The van der Waals surface area contributed by atoms with Crippen molar-refractivity contribution in [3.63, 3.8) is 0 Å². The third-order valence-electron chi connectivity index (χ3n) is 5.73. The van der Waals surface area contributed by atoms with Crippen molar-refractivity contribution in [1.29, 1.82) is 0 Å². The van der Waals surface area contributed by atoms with Crippen LogP contribution in [0.1, 0.15) is 56.0 Å². The third kappa shape index (κ3) is 5.47. The minimum atomic E-state index is 0.557. The highest BCUT2D eigenvalue weighted by atomic mass is 15.3. The van der Waals surface area contributed by atoms with Crippen LogP contribution in [0.15, 0.2) is 4.99 Å². The Morgan fingerprint density at radius 1 is 1.23 bits per heavy atom. The van der Waals surface area contributed by atoms with E-state index in [0.29, 0.717) is 12.6 Å². The van der Waals surface area contributed by atoms with Gasteiger partial charge in [-0.3, -0.25) is 4.68 Å². The Morgan fingerprint density at radius 2 is 1.92 bits per heavy atom. The molecule has 0 radical (unpaired) electrons. The number of aromatic nitrogens is 2. The van der Waals surface area contributed by atoms with Crippen LogP contribution in [0.25, 0.3) is 0 Å². The zero-order valence-corrected chi connectivity index (χ0v) is 17.6. The SMILES string of the molecule is CCNC(=NCc1c(C)nn(C)c1C)NCC(C1CCCCC1)N(C)C. The fraction of sp³-hybridized carbons (Fsp3) is 0.800. The first-order chi connectivity index (χ1) is 12.4. The molecule has 0 aromatic carbocycles. The van der Waals surface area contributed by atoms with Crippen LogP contribution in [0.5, 0.6) is 0 Å². The van der Waals surface area contributed by atoms with E-state index in [-0.39, 0.29) is 0 Å². The van der Waals surface area contributed by atoms with Crippen molar-refractivity contribution in [3.05, 3.63) is 17.0 Å². The summed E-state index contributed by atoms with van der Waals surface area (Å²) in [6, 6.07) is 0.557. The maximum Gasteiger partial charge on any atom is 0.191 e. The molecular weight excluding hydrogens is 324 g/mol. The molecule has 1 aliphatic carbocycles. The summed E-state index contributed by atoms with van der Waals surface area (Å²) >= 11 is 0. The predicted molar refractivity (Wildman–Crippen MR) is 110 cm³/mol. The summed E-state index contributed by atoms with van der Waals surface area (Å²) in [4.78, 5) is 7.19. The molecule has 1 aromatic heterocycles. The molecule has 0 aliphatic heterocycles. The molecule has 2 N–H and O–H groups in total. The van der Waals surface area contributed by atoms with Crippen molar-refractivity contribution < 1.29 is 0 Å². The van der Waals surface area contributed by atoms with Gasteiger partial charge in [0.05, 0.1) is 12.2 Å². The zero-order chi connectivity index (χ0) is 19.1. The lowest BCUT2D eigenvalue weighted by atomic mass is 9.83. The largest absolute Gasteiger partial charge is 0.357 e. The van der Waals surface area contributed by atoms with Gasteiger partial charge in [-0.1, -0.05) is 19.3 Å². The summed E-state index contributed by atoms with van der Waals surface area (Å²) in [5.41, 5.74) is 3.48. The second kappa shape index (κ2) is 9.95. The van der Waals surface area contributed by atoms with Crippen molar-refractivity contribution in [2.24, 2.45) is 18.0 Å². The quantitative estimate of drug-likeness (QED) is 0.578. The molecule has 26 heavy (non-hydrogen) atoms. The van der Waals surface area contributed by atoms with Crippen molar-refractivity contribution in [2.45, 2.75) is 65.5 Å². The number of nitrogens with zero attached hydrogens (tertiary/aromatic N) is 4. The minimum Gasteiger partial charge on any atom is -0.357 e. The lowest BCUT2D eigenvalue weighted by molar-refractivity contribution is 0.171. The summed E-state index contributed by atoms with van der Waals surface area (Å²) in [6.07, 6.45) is 6.86. The van der Waals surface area contributed by atoms with E-state index in [0.717, 1.165) is 30.7 Å². The number of nitrogens with one attached hydrogen (secondary N) is 2. The topological polar surface area (TPSA) is 57.5 Å². The van der Waals surface area contributed by atoms with E-state index in [9.17, 15) is 0 Å². The standard InChI is InChI=1S/C20H38N6/c1-7-21-20(22-13-18-15(2)24-26(6)16(18)3)23-14-19(25(4)5)17-11-9-8-10-12-17/h17,19H,7-14H2,1-6H3,(H2,21,22,23). The molecule has 1 saturated carbocycles. The van der Waals surface area contributed by atoms with Crippen LogP contribution < -0.4 is 10.6 Å². The molecule has 1 unspecified atom stereocenters. The number of hydrogen-bond donors (Lipinski definition) is 2. The van der Waals surface area contributed by atoms with Gasteiger partial charge in [-0.25, -0.2) is 4.99 Å². The maximum atomic E-state index is 4.82. The van der Waals surface area contributed by atoms with Gasteiger partial charge >= 0.3 is 0 Å². The average Bonchev–Trinajstić information content (AvgIpc) is 2.85. The third-order valence-corrected chi connectivity index (χ3v) is 5.73. The van der Waals surface area contributed by atoms with E-state index < -0.39 is 0 Å². The molecule has 6 heteroatoms. The normalized spacial score (nSPS) is 17.6. The number of likely N-dealkylation sites (N-methyl/N-ethyl adjacent to an activating group) is 1. The highest BCUT2D eigenvalue weighted by molar-refractivity contribution is 5.79. The molecule has 6 nitrogen and oxygen atoms in total. The predicted octanol–water partition coefficient (Wildman–Crippen LogP) is 2.60. The zero-order valence-electron chi connectivity index (χ0n) is 17.6. The molecule has 1 fully saturated rings. The highest BCUT2D eigenvalue weighted by Gasteiger charge is 2.25. The van der Waals surface area contributed by atoms with Gasteiger partial charge in [0.2, 0.25) is 0 Å². The van der Waals surface area contributed by atoms with Gasteiger partial charge in [0, 0.05) is 37.4 Å². The summed E-state index contributed by atoms with van der Waals surface area (Å²) in [6.45, 7) is 8.75. The van der Waals surface area contributed by atoms with Crippen LogP contribution in [-0.2, 0) is 13.6 Å². The van der Waals surface area contributed by atoms with E-state index >= 15 is 0 Å². The van der Waals surface area contributed by atoms with Gasteiger partial charge < -0.3 is 15.5 Å². The van der Waals surface area contributed by atoms with Crippen LogP contribution in [-0.4, -0.2) is 53.9 Å². The molecule has 1 heterocycles. The van der Waals surface area contributed by atoms with Crippen LogP contribution in [0.4, 0.5) is 0 Å². The highest BCUT2D eigenvalue weighted by Crippen LogP contribution is 2.28. The van der Waals surface area contributed by atoms with Crippen LogP contribution in [0, 0.1) is 19.8 Å². The molecule has 0 saturated heterocycles. The van der Waals surface area contributed by atoms with Gasteiger partial charge in [-0.2, -0.15) is 5.10 Å². The van der Waals surface area contributed by atoms with Gasteiger partial charge in [0.1, 0.15) is 0 Å². The van der Waals surface area contributed by atoms with Crippen LogP contribution >= 0.6 is 0 Å². The van der Waals surface area contributed by atoms with Crippen molar-refractivity contribution in [1.82, 2.24) is 25.3 Å². The lowest BCUT2D eigenvalue weighted by Crippen LogP contribution is -2.48. The Balaban J connectivity index is 2.01. The van der Waals surface area contributed by atoms with E-state index in [1.54, 1.807) is 0 Å². The molecule has 0 amide bonds. The number of rotatable bonds is 7. The molecule has 0 spiro atoms. The summed E-state index contributed by atoms with van der Waals surface area (Å²) in [5.74, 6) is 1.69. The van der Waals surface area contributed by atoms with Gasteiger partial charge in [0.25, 0.3) is 0 Å². The fourth-order valence-electron chi connectivity index (χ4n) is 4.04. The van der Waals surface area contributed by atoms with Crippen molar-refractivity contribution in [2.75, 3.05) is 27.2 Å². The lowest BCUT2D eigenvalue weighted by Gasteiger charge is -2.35. The second-order valence-corrected chi connectivity index (χ2v) is 7.78. The molecule has 1 atom stereocenters. The molecule has 148 valence electrons. The second-order valence-electron chi connectivity index (χ2n) is 7.78. The Bertz CT molecular complexity index is 583. The Kier molecular flexibility index (Phi) is 7.94. The van der Waals surface area contributed by atoms with E-state index in [1.807, 2.05) is 11.7 Å². The smallest absolute Gasteiger partial charge is 0.191 e. The molecule has 0 bridgehead atoms. The fourth-order valence-corrected chi connectivity index (χ4v) is 4.04. The Morgan fingerprint density at radius 3 is 2.46 bits per heavy atom. The van der Waals surface area contributed by atoms with E-state index in [2.05, 4.69) is 55.5 Å². The monoisotopic (exact) mass is 362 g/mol. The number of guanidine groups is 1. The summed E-state index contributed by atoms with van der Waals surface area (Å²) in [7, 11) is 6.39.